The summed E-state index contributed by atoms with van der Waals surface area (Å²) in [5, 5.41) is 1.97. The Morgan fingerprint density at radius 2 is 1.82 bits per heavy atom. The van der Waals surface area contributed by atoms with Gasteiger partial charge < -0.3 is 9.47 Å². The molecule has 0 saturated carbocycles. The zero-order valence-corrected chi connectivity index (χ0v) is 16.9. The molecule has 4 heterocycles. The van der Waals surface area contributed by atoms with Crippen molar-refractivity contribution in [3.05, 3.63) is 64.7 Å². The lowest BCUT2D eigenvalue weighted by Gasteiger charge is -2.49. The van der Waals surface area contributed by atoms with Gasteiger partial charge in [0.25, 0.3) is 5.91 Å². The van der Waals surface area contributed by atoms with E-state index in [1.165, 1.54) is 22.6 Å². The lowest BCUT2D eigenvalue weighted by molar-refractivity contribution is 0.0103. The summed E-state index contributed by atoms with van der Waals surface area (Å²) >= 11 is 1.52. The maximum absolute atomic E-state index is 12.8. The molecule has 6 heteroatoms. The van der Waals surface area contributed by atoms with E-state index in [1.54, 1.807) is 0 Å². The fourth-order valence-electron chi connectivity index (χ4n) is 4.69. The first kappa shape index (κ1) is 17.6. The quantitative estimate of drug-likeness (QED) is 0.668. The number of aromatic nitrogens is 2. The number of hydrogen-bond donors (Lipinski definition) is 0. The van der Waals surface area contributed by atoms with Gasteiger partial charge in [0.1, 0.15) is 5.82 Å². The van der Waals surface area contributed by atoms with Gasteiger partial charge in [-0.3, -0.25) is 9.69 Å². The van der Waals surface area contributed by atoms with Crippen molar-refractivity contribution in [2.24, 2.45) is 0 Å². The maximum Gasteiger partial charge on any atom is 0.263 e. The van der Waals surface area contributed by atoms with E-state index < -0.39 is 0 Å². The summed E-state index contributed by atoms with van der Waals surface area (Å²) in [6, 6.07) is 14.4. The van der Waals surface area contributed by atoms with Crippen molar-refractivity contribution in [3.8, 4) is 11.3 Å². The van der Waals surface area contributed by atoms with Gasteiger partial charge in [-0.05, 0) is 36.9 Å². The lowest BCUT2D eigenvalue weighted by Crippen LogP contribution is -2.57. The molecule has 0 aliphatic carbocycles. The molecule has 1 saturated heterocycles. The average Bonchev–Trinajstić information content (AvgIpc) is 3.42. The molecule has 3 aromatic rings. The number of nitrogens with zero attached hydrogens (tertiary/aromatic N) is 4. The molecule has 0 N–H and O–H groups in total. The summed E-state index contributed by atoms with van der Waals surface area (Å²) in [5.74, 6) is 1.32. The Labute approximate surface area is 169 Å². The van der Waals surface area contributed by atoms with Crippen LogP contribution >= 0.6 is 11.3 Å². The number of likely N-dealkylation sites (tertiary alicyclic amines) is 1. The number of carbonyl (C=O) groups excluding carboxylic acids is 1. The summed E-state index contributed by atoms with van der Waals surface area (Å²) in [5.41, 5.74) is 2.32. The molecule has 2 aliphatic heterocycles. The molecular formula is C22H24N4OS. The minimum Gasteiger partial charge on any atom is -0.338 e. The van der Waals surface area contributed by atoms with Gasteiger partial charge in [0.15, 0.2) is 0 Å². The number of likely N-dealkylation sites (N-methyl/N-ethyl adjacent to an activating group) is 1. The van der Waals surface area contributed by atoms with Crippen LogP contribution in [-0.4, -0.2) is 51.9 Å². The number of rotatable bonds is 2. The standard InChI is InChI=1S/C22H24N4OS/c1-24-13-14-26-18(17-6-3-2-4-7-17)16-23-21(26)22(24)9-11-25(12-10-22)20(27)19-8-5-15-28-19/h2-8,15-16H,9-14H2,1H3. The molecule has 0 atom stereocenters. The van der Waals surface area contributed by atoms with E-state index in [0.717, 1.165) is 49.7 Å². The molecule has 1 amide bonds. The smallest absolute Gasteiger partial charge is 0.263 e. The fourth-order valence-corrected chi connectivity index (χ4v) is 5.38. The van der Waals surface area contributed by atoms with E-state index >= 15 is 0 Å². The van der Waals surface area contributed by atoms with Crippen molar-refractivity contribution < 1.29 is 4.79 Å². The third kappa shape index (κ3) is 2.71. The normalized spacial score (nSPS) is 19.0. The zero-order valence-electron chi connectivity index (χ0n) is 16.0. The van der Waals surface area contributed by atoms with Crippen LogP contribution in [0, 0.1) is 0 Å². The number of carbonyl (C=O) groups is 1. The maximum atomic E-state index is 12.8. The molecule has 0 unspecified atom stereocenters. The molecule has 0 bridgehead atoms. The van der Waals surface area contributed by atoms with Gasteiger partial charge in [0, 0.05) is 26.2 Å². The van der Waals surface area contributed by atoms with Crippen molar-refractivity contribution in [2.45, 2.75) is 24.9 Å². The number of piperidine rings is 1. The lowest BCUT2D eigenvalue weighted by atomic mass is 9.83. The Bertz CT molecular complexity index is 971. The highest BCUT2D eigenvalue weighted by atomic mass is 32.1. The summed E-state index contributed by atoms with van der Waals surface area (Å²) in [6.07, 6.45) is 3.87. The second-order valence-corrected chi connectivity index (χ2v) is 8.66. The first-order valence-corrected chi connectivity index (χ1v) is 10.7. The number of thiophene rings is 1. The van der Waals surface area contributed by atoms with Crippen molar-refractivity contribution in [3.63, 3.8) is 0 Å². The Hall–Kier alpha value is -2.44. The van der Waals surface area contributed by atoms with Gasteiger partial charge in [-0.2, -0.15) is 0 Å². The van der Waals surface area contributed by atoms with E-state index in [2.05, 4.69) is 40.8 Å². The van der Waals surface area contributed by atoms with E-state index in [0.29, 0.717) is 0 Å². The van der Waals surface area contributed by atoms with Crippen LogP contribution in [0.3, 0.4) is 0 Å². The van der Waals surface area contributed by atoms with Crippen LogP contribution in [0.15, 0.2) is 54.0 Å². The van der Waals surface area contributed by atoms with Crippen LogP contribution in [0.25, 0.3) is 11.3 Å². The van der Waals surface area contributed by atoms with Crippen LogP contribution in [0.5, 0.6) is 0 Å². The van der Waals surface area contributed by atoms with Crippen LogP contribution in [-0.2, 0) is 12.1 Å². The molecule has 144 valence electrons. The molecule has 2 aliphatic rings. The zero-order chi connectivity index (χ0) is 19.1. The summed E-state index contributed by atoms with van der Waals surface area (Å²) in [4.78, 5) is 22.9. The number of amides is 1. The Balaban J connectivity index is 1.44. The first-order chi connectivity index (χ1) is 13.7. The third-order valence-electron chi connectivity index (χ3n) is 6.34. The minimum absolute atomic E-state index is 0.0858. The minimum atomic E-state index is -0.0858. The topological polar surface area (TPSA) is 41.4 Å². The number of benzene rings is 1. The molecule has 1 fully saturated rings. The van der Waals surface area contributed by atoms with Crippen LogP contribution in [0.1, 0.15) is 28.3 Å². The van der Waals surface area contributed by atoms with Gasteiger partial charge in [-0.15, -0.1) is 11.3 Å². The van der Waals surface area contributed by atoms with Crippen LogP contribution < -0.4 is 0 Å². The third-order valence-corrected chi connectivity index (χ3v) is 7.20. The number of imidazole rings is 1. The predicted octanol–water partition coefficient (Wildman–Crippen LogP) is 3.69. The average molecular weight is 393 g/mol. The first-order valence-electron chi connectivity index (χ1n) is 9.84. The van der Waals surface area contributed by atoms with Crippen molar-refractivity contribution in [2.75, 3.05) is 26.7 Å². The van der Waals surface area contributed by atoms with Crippen molar-refractivity contribution in [1.82, 2.24) is 19.4 Å². The summed E-state index contributed by atoms with van der Waals surface area (Å²) in [6.45, 7) is 3.50. The molecule has 5 nitrogen and oxygen atoms in total. The van der Waals surface area contributed by atoms with E-state index in [4.69, 9.17) is 4.98 Å². The number of fused-ring (bicyclic) bond motifs is 2. The SMILES string of the molecule is CN1CCn2c(-c3ccccc3)cnc2C12CCN(C(=O)c1cccs1)CC2. The second kappa shape index (κ2) is 6.87. The van der Waals surface area contributed by atoms with Crippen molar-refractivity contribution >= 4 is 17.2 Å². The molecule has 1 spiro atoms. The summed E-state index contributed by atoms with van der Waals surface area (Å²) in [7, 11) is 2.21. The van der Waals surface area contributed by atoms with Crippen LogP contribution in [0.2, 0.25) is 0 Å². The fraction of sp³-hybridized carbons (Fsp3) is 0.364. The molecular weight excluding hydrogens is 368 g/mol. The predicted molar refractivity (Wildman–Crippen MR) is 111 cm³/mol. The highest BCUT2D eigenvalue weighted by Crippen LogP contribution is 2.41. The Kier molecular flexibility index (Phi) is 4.33. The highest BCUT2D eigenvalue weighted by molar-refractivity contribution is 7.12. The highest BCUT2D eigenvalue weighted by Gasteiger charge is 2.46. The Morgan fingerprint density at radius 1 is 1.04 bits per heavy atom. The molecule has 1 aromatic carbocycles. The van der Waals surface area contributed by atoms with E-state index in [1.807, 2.05) is 34.7 Å². The molecule has 0 radical (unpaired) electrons. The summed E-state index contributed by atoms with van der Waals surface area (Å²) < 4.78 is 2.39. The molecule has 28 heavy (non-hydrogen) atoms. The second-order valence-electron chi connectivity index (χ2n) is 7.71. The van der Waals surface area contributed by atoms with E-state index in [-0.39, 0.29) is 11.4 Å². The van der Waals surface area contributed by atoms with Crippen molar-refractivity contribution in [1.29, 1.82) is 0 Å². The van der Waals surface area contributed by atoms with Gasteiger partial charge in [-0.1, -0.05) is 36.4 Å². The molecule has 2 aromatic heterocycles. The largest absolute Gasteiger partial charge is 0.338 e. The van der Waals surface area contributed by atoms with Crippen LogP contribution in [0.4, 0.5) is 0 Å². The Morgan fingerprint density at radius 3 is 2.54 bits per heavy atom. The van der Waals surface area contributed by atoms with Gasteiger partial charge in [0.05, 0.1) is 22.3 Å². The molecule has 5 rings (SSSR count). The van der Waals surface area contributed by atoms with Gasteiger partial charge in [-0.25, -0.2) is 4.98 Å². The number of hydrogen-bond acceptors (Lipinski definition) is 4. The van der Waals surface area contributed by atoms with E-state index in [9.17, 15) is 4.79 Å². The van der Waals surface area contributed by atoms with Gasteiger partial charge >= 0.3 is 0 Å². The monoisotopic (exact) mass is 392 g/mol. The van der Waals surface area contributed by atoms with Gasteiger partial charge in [0.2, 0.25) is 0 Å².